The Morgan fingerprint density at radius 3 is 2.20 bits per heavy atom. The van der Waals surface area contributed by atoms with Gasteiger partial charge in [-0.15, -0.1) is 11.8 Å². The maximum absolute atomic E-state index is 13.1. The second kappa shape index (κ2) is 16.5. The molecule has 5 unspecified atom stereocenters. The molecule has 8 nitrogen and oxygen atoms in total. The van der Waals surface area contributed by atoms with Crippen LogP contribution in [0.2, 0.25) is 0 Å². The monoisotopic (exact) mass is 673 g/mol. The van der Waals surface area contributed by atoms with Gasteiger partial charge in [-0.3, -0.25) is 4.79 Å². The minimum Gasteiger partial charge on any atom is -0.392 e. The summed E-state index contributed by atoms with van der Waals surface area (Å²) in [4.78, 5) is 30.0. The number of thioether (sulfide) groups is 1. The third-order valence-corrected chi connectivity index (χ3v) is 9.53. The number of urea groups is 1. The number of hydrogen-bond acceptors (Lipinski definition) is 7. The van der Waals surface area contributed by atoms with E-state index in [0.29, 0.717) is 17.9 Å². The predicted molar refractivity (Wildman–Crippen MR) is 191 cm³/mol. The van der Waals surface area contributed by atoms with Crippen molar-refractivity contribution in [3.8, 4) is 0 Å². The SMILES string of the molecule is CC(=O)C(Cc1ccccc1)NC(=O)Nc1cccc(C2OC(CSc3ccccn3)C(c3ccccc3)C(c3ccc(CO)cc3)O2)c1. The first kappa shape index (κ1) is 34.1. The molecule has 0 radical (unpaired) electrons. The number of anilines is 1. The van der Waals surface area contributed by atoms with Crippen LogP contribution in [-0.4, -0.2) is 39.8 Å². The Labute approximate surface area is 290 Å². The van der Waals surface area contributed by atoms with Gasteiger partial charge in [-0.25, -0.2) is 9.78 Å². The van der Waals surface area contributed by atoms with Crippen molar-refractivity contribution in [2.24, 2.45) is 0 Å². The number of hydrogen-bond donors (Lipinski definition) is 3. The van der Waals surface area contributed by atoms with Crippen molar-refractivity contribution in [3.05, 3.63) is 161 Å². The number of ether oxygens (including phenoxy) is 2. The molecule has 2 heterocycles. The smallest absolute Gasteiger partial charge is 0.319 e. The van der Waals surface area contributed by atoms with Gasteiger partial charge in [0.1, 0.15) is 0 Å². The Balaban J connectivity index is 1.26. The van der Waals surface area contributed by atoms with E-state index in [1.807, 2.05) is 109 Å². The van der Waals surface area contributed by atoms with Crippen molar-refractivity contribution < 1.29 is 24.2 Å². The van der Waals surface area contributed by atoms with Gasteiger partial charge < -0.3 is 25.2 Å². The number of aliphatic hydroxyl groups excluding tert-OH is 1. The Morgan fingerprint density at radius 1 is 0.796 bits per heavy atom. The number of benzene rings is 4. The Kier molecular flexibility index (Phi) is 11.5. The topological polar surface area (TPSA) is 110 Å². The molecule has 5 aromatic rings. The molecule has 0 bridgehead atoms. The summed E-state index contributed by atoms with van der Waals surface area (Å²) in [5.41, 5.74) is 5.11. The van der Waals surface area contributed by atoms with Gasteiger partial charge in [0.05, 0.1) is 29.9 Å². The maximum Gasteiger partial charge on any atom is 0.319 e. The fourth-order valence-corrected chi connectivity index (χ4v) is 6.92. The fourth-order valence-electron chi connectivity index (χ4n) is 5.99. The number of amides is 2. The molecule has 4 aromatic carbocycles. The van der Waals surface area contributed by atoms with E-state index < -0.39 is 18.4 Å². The lowest BCUT2D eigenvalue weighted by molar-refractivity contribution is -0.255. The van der Waals surface area contributed by atoms with Crippen molar-refractivity contribution in [2.75, 3.05) is 11.1 Å². The van der Waals surface area contributed by atoms with E-state index in [0.717, 1.165) is 32.8 Å². The Bertz CT molecular complexity index is 1810. The zero-order valence-electron chi connectivity index (χ0n) is 27.1. The van der Waals surface area contributed by atoms with Gasteiger partial charge >= 0.3 is 6.03 Å². The van der Waals surface area contributed by atoms with Crippen molar-refractivity contribution in [1.82, 2.24) is 10.3 Å². The molecule has 1 aromatic heterocycles. The van der Waals surface area contributed by atoms with Crippen LogP contribution in [0.1, 0.15) is 53.1 Å². The lowest BCUT2D eigenvalue weighted by Gasteiger charge is -2.43. The van der Waals surface area contributed by atoms with Gasteiger partial charge in [-0.1, -0.05) is 103 Å². The third-order valence-electron chi connectivity index (χ3n) is 8.50. The number of ketones is 1. The van der Waals surface area contributed by atoms with E-state index in [1.165, 1.54) is 6.92 Å². The van der Waals surface area contributed by atoms with Gasteiger partial charge in [0.15, 0.2) is 12.1 Å². The summed E-state index contributed by atoms with van der Waals surface area (Å²) < 4.78 is 13.6. The number of nitrogens with one attached hydrogen (secondary N) is 2. The molecule has 0 aliphatic carbocycles. The molecule has 1 saturated heterocycles. The highest BCUT2D eigenvalue weighted by Crippen LogP contribution is 2.48. The first-order valence-electron chi connectivity index (χ1n) is 16.3. The third kappa shape index (κ3) is 9.01. The highest BCUT2D eigenvalue weighted by molar-refractivity contribution is 7.99. The van der Waals surface area contributed by atoms with Crippen molar-refractivity contribution in [1.29, 1.82) is 0 Å². The molecular formula is C40H39N3O5S. The number of aromatic nitrogens is 1. The number of rotatable bonds is 12. The lowest BCUT2D eigenvalue weighted by atomic mass is 9.84. The molecule has 6 rings (SSSR count). The number of aliphatic hydroxyl groups is 1. The lowest BCUT2D eigenvalue weighted by Crippen LogP contribution is -2.43. The van der Waals surface area contributed by atoms with Crippen LogP contribution in [0.5, 0.6) is 0 Å². The number of Topliss-reactive ketones (excluding diaryl/α,β-unsaturated/α-hetero) is 1. The predicted octanol–water partition coefficient (Wildman–Crippen LogP) is 7.63. The van der Waals surface area contributed by atoms with Crippen LogP contribution in [0.3, 0.4) is 0 Å². The maximum atomic E-state index is 13.1. The molecule has 9 heteroatoms. The zero-order valence-corrected chi connectivity index (χ0v) is 28.0. The summed E-state index contributed by atoms with van der Waals surface area (Å²) in [6.07, 6.45) is 0.784. The number of pyridine rings is 1. The number of carbonyl (C=O) groups excluding carboxylic acids is 2. The first-order valence-corrected chi connectivity index (χ1v) is 17.3. The normalized spacial score (nSPS) is 19.5. The minimum atomic E-state index is -0.746. The summed E-state index contributed by atoms with van der Waals surface area (Å²) in [5, 5.41) is 16.3. The highest BCUT2D eigenvalue weighted by atomic mass is 32.2. The summed E-state index contributed by atoms with van der Waals surface area (Å²) >= 11 is 1.63. The van der Waals surface area contributed by atoms with E-state index in [4.69, 9.17) is 9.47 Å². The van der Waals surface area contributed by atoms with Crippen LogP contribution in [0.4, 0.5) is 10.5 Å². The second-order valence-electron chi connectivity index (χ2n) is 12.0. The second-order valence-corrected chi connectivity index (χ2v) is 13.0. The average molecular weight is 674 g/mol. The zero-order chi connectivity index (χ0) is 34.0. The van der Waals surface area contributed by atoms with Gasteiger partial charge in [0, 0.05) is 29.1 Å². The highest BCUT2D eigenvalue weighted by Gasteiger charge is 2.42. The van der Waals surface area contributed by atoms with Gasteiger partial charge in [-0.2, -0.15) is 0 Å². The van der Waals surface area contributed by atoms with Crippen molar-refractivity contribution >= 4 is 29.3 Å². The molecule has 1 aliphatic heterocycles. The molecule has 49 heavy (non-hydrogen) atoms. The van der Waals surface area contributed by atoms with Crippen molar-refractivity contribution in [3.63, 3.8) is 0 Å². The van der Waals surface area contributed by atoms with Crippen LogP contribution in [0.15, 0.2) is 139 Å². The molecule has 1 fully saturated rings. The quantitative estimate of drug-likeness (QED) is 0.117. The minimum absolute atomic E-state index is 0.0459. The summed E-state index contributed by atoms with van der Waals surface area (Å²) in [6.45, 7) is 1.43. The van der Waals surface area contributed by atoms with Crippen LogP contribution in [0.25, 0.3) is 0 Å². The molecule has 0 spiro atoms. The van der Waals surface area contributed by atoms with Gasteiger partial charge in [-0.05, 0) is 59.9 Å². The molecule has 3 N–H and O–H groups in total. The Morgan fingerprint density at radius 2 is 1.51 bits per heavy atom. The number of nitrogens with zero attached hydrogens (tertiary/aromatic N) is 1. The molecule has 5 atom stereocenters. The van der Waals surface area contributed by atoms with E-state index in [-0.39, 0.29) is 30.5 Å². The molecule has 0 saturated carbocycles. The van der Waals surface area contributed by atoms with E-state index in [9.17, 15) is 14.7 Å². The largest absolute Gasteiger partial charge is 0.392 e. The molecule has 250 valence electrons. The molecular weight excluding hydrogens is 635 g/mol. The summed E-state index contributed by atoms with van der Waals surface area (Å²) in [7, 11) is 0. The fraction of sp³-hybridized carbons (Fsp3) is 0.225. The average Bonchev–Trinajstić information content (AvgIpc) is 3.14. The summed E-state index contributed by atoms with van der Waals surface area (Å²) in [6, 6.07) is 39.8. The van der Waals surface area contributed by atoms with E-state index in [2.05, 4.69) is 27.8 Å². The molecule has 2 amide bonds. The standard InChI is InChI=1S/C40H39N3O5S/c1-27(45)34(23-28-11-4-2-5-12-28)43-40(46)42-33-16-10-15-32(24-33)39-47-35(26-49-36-17-8-9-22-41-36)37(30-13-6-3-7-14-30)38(48-39)31-20-18-29(25-44)19-21-31/h2-22,24,34-35,37-39,44H,23,25-26H2,1H3,(H2,42,43,46). The van der Waals surface area contributed by atoms with E-state index in [1.54, 1.807) is 24.0 Å². The van der Waals surface area contributed by atoms with E-state index >= 15 is 0 Å². The first-order chi connectivity index (χ1) is 24.0. The van der Waals surface area contributed by atoms with Crippen LogP contribution >= 0.6 is 11.8 Å². The Hall–Kier alpha value is -4.80. The van der Waals surface area contributed by atoms with Gasteiger partial charge in [0.25, 0.3) is 0 Å². The van der Waals surface area contributed by atoms with Crippen LogP contribution in [0, 0.1) is 0 Å². The van der Waals surface area contributed by atoms with Crippen LogP contribution in [-0.2, 0) is 27.3 Å². The van der Waals surface area contributed by atoms with Gasteiger partial charge in [0.2, 0.25) is 0 Å². The summed E-state index contributed by atoms with van der Waals surface area (Å²) in [5.74, 6) is 0.349. The van der Waals surface area contributed by atoms with Crippen LogP contribution < -0.4 is 10.6 Å². The number of carbonyl (C=O) groups is 2. The van der Waals surface area contributed by atoms with Crippen molar-refractivity contribution in [2.45, 2.75) is 55.4 Å². The molecule has 1 aliphatic rings.